The van der Waals surface area contributed by atoms with E-state index in [-0.39, 0.29) is 0 Å². The zero-order valence-electron chi connectivity index (χ0n) is 12.4. The van der Waals surface area contributed by atoms with E-state index in [1.807, 2.05) is 0 Å². The number of likely N-dealkylation sites (tertiary alicyclic amines) is 1. The van der Waals surface area contributed by atoms with Gasteiger partial charge in [0.1, 0.15) is 0 Å². The van der Waals surface area contributed by atoms with Gasteiger partial charge in [0.15, 0.2) is 0 Å². The average Bonchev–Trinajstić information content (AvgIpc) is 2.88. The summed E-state index contributed by atoms with van der Waals surface area (Å²) < 4.78 is 0. The molecular weight excluding hydrogens is 232 g/mol. The van der Waals surface area contributed by atoms with E-state index in [4.69, 9.17) is 0 Å². The maximum Gasteiger partial charge on any atom is 0.00152 e. The first-order valence-corrected chi connectivity index (χ1v) is 8.74. The van der Waals surface area contributed by atoms with Crippen LogP contribution in [0.4, 0.5) is 0 Å². The monoisotopic (exact) mass is 262 g/mol. The van der Waals surface area contributed by atoms with Gasteiger partial charge in [-0.2, -0.15) is 0 Å². The molecule has 0 aromatic rings. The zero-order valence-corrected chi connectivity index (χ0v) is 12.4. The molecule has 2 heterocycles. The average molecular weight is 262 g/mol. The molecule has 2 aliphatic heterocycles. The molecule has 2 nitrogen and oxygen atoms in total. The molecule has 1 N–H and O–H groups in total. The summed E-state index contributed by atoms with van der Waals surface area (Å²) in [6.45, 7) is 6.80. The Morgan fingerprint density at radius 3 is 2.26 bits per heavy atom. The summed E-state index contributed by atoms with van der Waals surface area (Å²) in [5, 5.41) is 3.52. The molecule has 1 atom stereocenters. The highest BCUT2D eigenvalue weighted by atomic mass is 15.1. The molecule has 19 heavy (non-hydrogen) atoms. The number of nitrogens with one attached hydrogen (secondary N) is 1. The van der Waals surface area contributed by atoms with Gasteiger partial charge in [0, 0.05) is 6.54 Å². The van der Waals surface area contributed by atoms with Crippen molar-refractivity contribution in [2.75, 3.05) is 32.7 Å². The van der Waals surface area contributed by atoms with E-state index in [9.17, 15) is 0 Å². The van der Waals surface area contributed by atoms with Crippen molar-refractivity contribution in [1.29, 1.82) is 0 Å². The van der Waals surface area contributed by atoms with Crippen molar-refractivity contribution in [2.24, 2.45) is 16.7 Å². The van der Waals surface area contributed by atoms with Crippen LogP contribution in [0.3, 0.4) is 0 Å². The molecule has 0 aromatic heterocycles. The maximum atomic E-state index is 3.52. The summed E-state index contributed by atoms with van der Waals surface area (Å²) in [5.74, 6) is 1.05. The van der Waals surface area contributed by atoms with Crippen LogP contribution in [-0.4, -0.2) is 37.6 Å². The summed E-state index contributed by atoms with van der Waals surface area (Å²) in [6.07, 6.45) is 13.6. The second-order valence-corrected chi connectivity index (χ2v) is 8.02. The van der Waals surface area contributed by atoms with Crippen LogP contribution in [0.5, 0.6) is 0 Å². The molecule has 4 aliphatic rings. The number of hydrogen-bond donors (Lipinski definition) is 1. The van der Waals surface area contributed by atoms with Gasteiger partial charge in [-0.15, -0.1) is 0 Å². The first-order valence-electron chi connectivity index (χ1n) is 8.74. The van der Waals surface area contributed by atoms with Crippen molar-refractivity contribution in [3.63, 3.8) is 0 Å². The summed E-state index contributed by atoms with van der Waals surface area (Å²) >= 11 is 0. The van der Waals surface area contributed by atoms with Crippen LogP contribution in [0.15, 0.2) is 0 Å². The van der Waals surface area contributed by atoms with Crippen LogP contribution in [0.1, 0.15) is 57.8 Å². The fourth-order valence-electron chi connectivity index (χ4n) is 5.37. The van der Waals surface area contributed by atoms with E-state index in [0.29, 0.717) is 0 Å². The number of hydrogen-bond acceptors (Lipinski definition) is 2. The second-order valence-electron chi connectivity index (χ2n) is 8.02. The summed E-state index contributed by atoms with van der Waals surface area (Å²) in [6, 6.07) is 0. The molecule has 4 rings (SSSR count). The van der Waals surface area contributed by atoms with Gasteiger partial charge in [0.25, 0.3) is 0 Å². The lowest BCUT2D eigenvalue weighted by molar-refractivity contribution is 0.0997. The molecular formula is C17H30N2. The third-order valence-corrected chi connectivity index (χ3v) is 7.02. The van der Waals surface area contributed by atoms with Gasteiger partial charge in [0.05, 0.1) is 0 Å². The third kappa shape index (κ3) is 2.35. The molecule has 2 saturated heterocycles. The largest absolute Gasteiger partial charge is 0.317 e. The fourth-order valence-corrected chi connectivity index (χ4v) is 5.37. The Labute approximate surface area is 118 Å². The molecule has 0 bridgehead atoms. The lowest BCUT2D eigenvalue weighted by Gasteiger charge is -2.40. The van der Waals surface area contributed by atoms with Gasteiger partial charge < -0.3 is 10.2 Å². The quantitative estimate of drug-likeness (QED) is 0.823. The SMILES string of the molecule is C1CCC2(C1)CCN(CC1CC13CCNCC3)CC2. The maximum absolute atomic E-state index is 3.52. The highest BCUT2D eigenvalue weighted by Gasteiger charge is 2.54. The third-order valence-electron chi connectivity index (χ3n) is 7.02. The van der Waals surface area contributed by atoms with E-state index in [1.165, 1.54) is 77.7 Å². The molecule has 2 aliphatic carbocycles. The van der Waals surface area contributed by atoms with Crippen molar-refractivity contribution >= 4 is 0 Å². The summed E-state index contributed by atoms with van der Waals surface area (Å²) in [7, 11) is 0. The van der Waals surface area contributed by atoms with Crippen molar-refractivity contribution in [1.82, 2.24) is 10.2 Å². The van der Waals surface area contributed by atoms with Crippen molar-refractivity contribution in [2.45, 2.75) is 57.8 Å². The summed E-state index contributed by atoms with van der Waals surface area (Å²) in [5.41, 5.74) is 1.58. The van der Waals surface area contributed by atoms with Crippen LogP contribution in [0, 0.1) is 16.7 Å². The van der Waals surface area contributed by atoms with E-state index in [2.05, 4.69) is 10.2 Å². The van der Waals surface area contributed by atoms with Crippen LogP contribution in [-0.2, 0) is 0 Å². The topological polar surface area (TPSA) is 15.3 Å². The molecule has 4 fully saturated rings. The first kappa shape index (κ1) is 12.6. The van der Waals surface area contributed by atoms with Gasteiger partial charge in [0.2, 0.25) is 0 Å². The minimum absolute atomic E-state index is 0.785. The Balaban J connectivity index is 1.27. The van der Waals surface area contributed by atoms with Crippen LogP contribution < -0.4 is 5.32 Å². The molecule has 0 aromatic carbocycles. The number of nitrogens with zero attached hydrogens (tertiary/aromatic N) is 1. The summed E-state index contributed by atoms with van der Waals surface area (Å²) in [4.78, 5) is 2.81. The lowest BCUT2D eigenvalue weighted by Crippen LogP contribution is -2.40. The molecule has 0 radical (unpaired) electrons. The van der Waals surface area contributed by atoms with Crippen LogP contribution in [0.25, 0.3) is 0 Å². The highest BCUT2D eigenvalue weighted by Crippen LogP contribution is 2.59. The molecule has 1 unspecified atom stereocenters. The Morgan fingerprint density at radius 2 is 1.58 bits per heavy atom. The first-order chi connectivity index (χ1) is 9.30. The molecule has 2 saturated carbocycles. The number of piperidine rings is 2. The molecule has 2 heteroatoms. The lowest BCUT2D eigenvalue weighted by atomic mass is 9.77. The fraction of sp³-hybridized carbons (Fsp3) is 1.00. The van der Waals surface area contributed by atoms with Crippen molar-refractivity contribution < 1.29 is 0 Å². The molecule has 108 valence electrons. The van der Waals surface area contributed by atoms with Gasteiger partial charge in [-0.3, -0.25) is 0 Å². The van der Waals surface area contributed by atoms with Gasteiger partial charge in [-0.25, -0.2) is 0 Å². The Bertz CT molecular complexity index is 316. The van der Waals surface area contributed by atoms with Crippen molar-refractivity contribution in [3.05, 3.63) is 0 Å². The van der Waals surface area contributed by atoms with Gasteiger partial charge >= 0.3 is 0 Å². The van der Waals surface area contributed by atoms with Crippen LogP contribution >= 0.6 is 0 Å². The minimum Gasteiger partial charge on any atom is -0.317 e. The number of rotatable bonds is 2. The van der Waals surface area contributed by atoms with Gasteiger partial charge in [-0.05, 0) is 87.9 Å². The van der Waals surface area contributed by atoms with Gasteiger partial charge in [-0.1, -0.05) is 12.8 Å². The van der Waals surface area contributed by atoms with E-state index < -0.39 is 0 Å². The molecule has 0 amide bonds. The standard InChI is InChI=1S/C17H30N2/c1-2-4-16(3-1)7-11-19(12-8-16)14-15-13-17(15)5-9-18-10-6-17/h15,18H,1-14H2. The predicted octanol–water partition coefficient (Wildman–Crippen LogP) is 3.03. The Kier molecular flexibility index (Phi) is 3.15. The zero-order chi connectivity index (χ0) is 12.8. The molecule has 2 spiro atoms. The van der Waals surface area contributed by atoms with Crippen molar-refractivity contribution in [3.8, 4) is 0 Å². The van der Waals surface area contributed by atoms with Crippen LogP contribution in [0.2, 0.25) is 0 Å². The van der Waals surface area contributed by atoms with E-state index in [1.54, 1.807) is 12.8 Å². The Hall–Kier alpha value is -0.0800. The highest BCUT2D eigenvalue weighted by molar-refractivity contribution is 5.05. The minimum atomic E-state index is 0.785. The van der Waals surface area contributed by atoms with E-state index in [0.717, 1.165) is 16.7 Å². The predicted molar refractivity (Wildman–Crippen MR) is 79.2 cm³/mol. The van der Waals surface area contributed by atoms with E-state index >= 15 is 0 Å². The second kappa shape index (κ2) is 4.73. The Morgan fingerprint density at radius 1 is 0.895 bits per heavy atom. The smallest absolute Gasteiger partial charge is 0.00152 e. The normalized spacial score (nSPS) is 36.9.